The van der Waals surface area contributed by atoms with Crippen molar-refractivity contribution in [3.63, 3.8) is 0 Å². The molecule has 0 unspecified atom stereocenters. The van der Waals surface area contributed by atoms with Gasteiger partial charge in [0.2, 0.25) is 0 Å². The lowest BCUT2D eigenvalue weighted by atomic mass is 9.93. The fraction of sp³-hybridized carbons (Fsp3) is 0.364. The summed E-state index contributed by atoms with van der Waals surface area (Å²) in [6.07, 6.45) is 3.21. The second-order valence-electron chi connectivity index (χ2n) is 3.85. The molecular formula is C11H12BrFN2O. The normalized spacial score (nSPS) is 15.4. The van der Waals surface area contributed by atoms with Crippen molar-refractivity contribution in [2.45, 2.75) is 25.3 Å². The van der Waals surface area contributed by atoms with Gasteiger partial charge in [-0.05, 0) is 53.4 Å². The third-order valence-electron chi connectivity index (χ3n) is 2.62. The Hall–Kier alpha value is -1.10. The Morgan fingerprint density at radius 3 is 2.81 bits per heavy atom. The van der Waals surface area contributed by atoms with Crippen LogP contribution in [0.4, 0.5) is 14.9 Å². The van der Waals surface area contributed by atoms with Crippen molar-refractivity contribution in [2.75, 3.05) is 5.32 Å². The lowest BCUT2D eigenvalue weighted by molar-refractivity contribution is 0.240. The minimum absolute atomic E-state index is 0.271. The SMILES string of the molecule is O=C(Nc1cc(F)ccc1Br)NC1CCC1. The van der Waals surface area contributed by atoms with Gasteiger partial charge in [-0.15, -0.1) is 0 Å². The van der Waals surface area contributed by atoms with E-state index in [9.17, 15) is 9.18 Å². The summed E-state index contributed by atoms with van der Waals surface area (Å²) < 4.78 is 13.6. The Labute approximate surface area is 102 Å². The number of hydrogen-bond donors (Lipinski definition) is 2. The number of halogens is 2. The van der Waals surface area contributed by atoms with Gasteiger partial charge in [0.1, 0.15) is 5.82 Å². The molecule has 0 spiro atoms. The van der Waals surface area contributed by atoms with Crippen molar-refractivity contribution >= 4 is 27.6 Å². The number of carbonyl (C=O) groups excluding carboxylic acids is 1. The second-order valence-corrected chi connectivity index (χ2v) is 4.70. The van der Waals surface area contributed by atoms with E-state index >= 15 is 0 Å². The predicted octanol–water partition coefficient (Wildman–Crippen LogP) is 3.26. The van der Waals surface area contributed by atoms with Crippen molar-refractivity contribution in [1.82, 2.24) is 5.32 Å². The van der Waals surface area contributed by atoms with E-state index in [0.29, 0.717) is 10.2 Å². The van der Waals surface area contributed by atoms with Gasteiger partial charge in [-0.1, -0.05) is 0 Å². The van der Waals surface area contributed by atoms with E-state index in [2.05, 4.69) is 26.6 Å². The maximum Gasteiger partial charge on any atom is 0.319 e. The predicted molar refractivity (Wildman–Crippen MR) is 63.9 cm³/mol. The topological polar surface area (TPSA) is 41.1 Å². The molecule has 0 aromatic heterocycles. The number of anilines is 1. The summed E-state index contributed by atoms with van der Waals surface area (Å²) in [6.45, 7) is 0. The van der Waals surface area contributed by atoms with Crippen LogP contribution in [0, 0.1) is 5.82 Å². The summed E-state index contributed by atoms with van der Waals surface area (Å²) in [5, 5.41) is 5.43. The molecule has 1 saturated carbocycles. The molecule has 1 aliphatic rings. The zero-order chi connectivity index (χ0) is 11.5. The summed E-state index contributed by atoms with van der Waals surface area (Å²) in [7, 11) is 0. The first-order chi connectivity index (χ1) is 7.65. The molecule has 1 fully saturated rings. The van der Waals surface area contributed by atoms with Crippen molar-refractivity contribution in [3.8, 4) is 0 Å². The first-order valence-corrected chi connectivity index (χ1v) is 5.97. The summed E-state index contributed by atoms with van der Waals surface area (Å²) in [5.74, 6) is -0.373. The molecule has 0 saturated heterocycles. The monoisotopic (exact) mass is 286 g/mol. The molecule has 2 amide bonds. The Kier molecular flexibility index (Phi) is 3.43. The van der Waals surface area contributed by atoms with Crippen molar-refractivity contribution < 1.29 is 9.18 Å². The quantitative estimate of drug-likeness (QED) is 0.861. The standard InChI is InChI=1S/C11H12BrFN2O/c12-9-5-4-7(13)6-10(9)15-11(16)14-8-2-1-3-8/h4-6,8H,1-3H2,(H2,14,15,16). The van der Waals surface area contributed by atoms with Crippen molar-refractivity contribution in [2.24, 2.45) is 0 Å². The average molecular weight is 287 g/mol. The molecular weight excluding hydrogens is 275 g/mol. The van der Waals surface area contributed by atoms with E-state index in [1.165, 1.54) is 12.1 Å². The summed E-state index contributed by atoms with van der Waals surface area (Å²) in [6, 6.07) is 4.17. The molecule has 0 radical (unpaired) electrons. The van der Waals surface area contributed by atoms with Crippen LogP contribution in [-0.2, 0) is 0 Å². The molecule has 0 heterocycles. The highest BCUT2D eigenvalue weighted by Crippen LogP contribution is 2.23. The van der Waals surface area contributed by atoms with Crippen molar-refractivity contribution in [1.29, 1.82) is 0 Å². The van der Waals surface area contributed by atoms with Crippen LogP contribution in [0.1, 0.15) is 19.3 Å². The van der Waals surface area contributed by atoms with Gasteiger partial charge in [-0.25, -0.2) is 9.18 Å². The maximum atomic E-state index is 12.9. The van der Waals surface area contributed by atoms with Crippen LogP contribution in [-0.4, -0.2) is 12.1 Å². The molecule has 86 valence electrons. The summed E-state index contributed by atoms with van der Waals surface area (Å²) >= 11 is 3.25. The molecule has 5 heteroatoms. The van der Waals surface area contributed by atoms with Gasteiger partial charge in [-0.2, -0.15) is 0 Å². The first kappa shape index (κ1) is 11.4. The first-order valence-electron chi connectivity index (χ1n) is 5.18. The van der Waals surface area contributed by atoms with Crippen LogP contribution in [0.5, 0.6) is 0 Å². The Morgan fingerprint density at radius 1 is 1.44 bits per heavy atom. The molecule has 0 atom stereocenters. The van der Waals surface area contributed by atoms with Crippen LogP contribution < -0.4 is 10.6 Å². The highest BCUT2D eigenvalue weighted by molar-refractivity contribution is 9.10. The molecule has 1 aromatic carbocycles. The summed E-state index contributed by atoms with van der Waals surface area (Å²) in [5.41, 5.74) is 0.442. The molecule has 16 heavy (non-hydrogen) atoms. The highest BCUT2D eigenvalue weighted by atomic mass is 79.9. The second kappa shape index (κ2) is 4.82. The van der Waals surface area contributed by atoms with E-state index in [-0.39, 0.29) is 17.9 Å². The third-order valence-corrected chi connectivity index (χ3v) is 3.31. The lowest BCUT2D eigenvalue weighted by Crippen LogP contribution is -2.41. The zero-order valence-electron chi connectivity index (χ0n) is 8.59. The molecule has 0 aliphatic heterocycles. The number of nitrogens with one attached hydrogen (secondary N) is 2. The fourth-order valence-corrected chi connectivity index (χ4v) is 1.84. The van der Waals surface area contributed by atoms with Gasteiger partial charge in [0.15, 0.2) is 0 Å². The molecule has 2 rings (SSSR count). The number of amides is 2. The van der Waals surface area contributed by atoms with Crippen molar-refractivity contribution in [3.05, 3.63) is 28.5 Å². The van der Waals surface area contributed by atoms with E-state index in [0.717, 1.165) is 19.3 Å². The van der Waals surface area contributed by atoms with Gasteiger partial charge in [0.05, 0.1) is 5.69 Å². The Morgan fingerprint density at radius 2 is 2.19 bits per heavy atom. The average Bonchev–Trinajstić information content (AvgIpc) is 2.18. The molecule has 0 bridgehead atoms. The van der Waals surface area contributed by atoms with Crippen LogP contribution >= 0.6 is 15.9 Å². The van der Waals surface area contributed by atoms with Gasteiger partial charge in [0, 0.05) is 10.5 Å². The van der Waals surface area contributed by atoms with Gasteiger partial charge < -0.3 is 10.6 Å². The van der Waals surface area contributed by atoms with Crippen LogP contribution in [0.25, 0.3) is 0 Å². The largest absolute Gasteiger partial charge is 0.335 e. The minimum atomic E-state index is -0.373. The maximum absolute atomic E-state index is 12.9. The van der Waals surface area contributed by atoms with E-state index in [1.807, 2.05) is 0 Å². The molecule has 1 aliphatic carbocycles. The van der Waals surface area contributed by atoms with Crippen LogP contribution in [0.15, 0.2) is 22.7 Å². The van der Waals surface area contributed by atoms with Gasteiger partial charge in [0.25, 0.3) is 0 Å². The zero-order valence-corrected chi connectivity index (χ0v) is 10.2. The third kappa shape index (κ3) is 2.72. The number of urea groups is 1. The highest BCUT2D eigenvalue weighted by Gasteiger charge is 2.19. The van der Waals surface area contributed by atoms with Crippen LogP contribution in [0.3, 0.4) is 0 Å². The number of hydrogen-bond acceptors (Lipinski definition) is 1. The van der Waals surface area contributed by atoms with E-state index in [4.69, 9.17) is 0 Å². The number of rotatable bonds is 2. The minimum Gasteiger partial charge on any atom is -0.335 e. The lowest BCUT2D eigenvalue weighted by Gasteiger charge is -2.26. The summed E-state index contributed by atoms with van der Waals surface area (Å²) in [4.78, 5) is 11.5. The Bertz CT molecular complexity index is 407. The number of benzene rings is 1. The van der Waals surface area contributed by atoms with Gasteiger partial charge >= 0.3 is 6.03 Å². The van der Waals surface area contributed by atoms with Gasteiger partial charge in [-0.3, -0.25) is 0 Å². The van der Waals surface area contributed by atoms with E-state index in [1.54, 1.807) is 6.07 Å². The molecule has 3 nitrogen and oxygen atoms in total. The smallest absolute Gasteiger partial charge is 0.319 e. The number of carbonyl (C=O) groups is 1. The fourth-order valence-electron chi connectivity index (χ4n) is 1.49. The Balaban J connectivity index is 1.96. The molecule has 2 N–H and O–H groups in total. The van der Waals surface area contributed by atoms with Crippen LogP contribution in [0.2, 0.25) is 0 Å². The molecule has 1 aromatic rings. The van der Waals surface area contributed by atoms with E-state index < -0.39 is 0 Å².